The molecule has 5 rings (SSSR count). The Hall–Kier alpha value is -4.22. The summed E-state index contributed by atoms with van der Waals surface area (Å²) in [6.07, 6.45) is 3.51. The third kappa shape index (κ3) is 5.18. The summed E-state index contributed by atoms with van der Waals surface area (Å²) < 4.78 is 5.98. The van der Waals surface area contributed by atoms with Crippen LogP contribution in [0.1, 0.15) is 52.1 Å². The number of furan rings is 1. The Morgan fingerprint density at radius 3 is 2.46 bits per heavy atom. The maximum absolute atomic E-state index is 13.3. The van der Waals surface area contributed by atoms with Crippen LogP contribution in [-0.4, -0.2) is 16.0 Å². The van der Waals surface area contributed by atoms with Gasteiger partial charge in [0.15, 0.2) is 0 Å². The first-order valence-electron chi connectivity index (χ1n) is 12.4. The molecule has 0 spiro atoms. The third-order valence-corrected chi connectivity index (χ3v) is 6.84. The van der Waals surface area contributed by atoms with Crippen LogP contribution in [0.2, 0.25) is 0 Å². The largest absolute Gasteiger partial charge is 0.458 e. The van der Waals surface area contributed by atoms with Crippen molar-refractivity contribution in [2.45, 2.75) is 38.8 Å². The van der Waals surface area contributed by atoms with Crippen molar-refractivity contribution in [2.24, 2.45) is 0 Å². The Morgan fingerprint density at radius 1 is 0.973 bits per heavy atom. The summed E-state index contributed by atoms with van der Waals surface area (Å²) in [6, 6.07) is 27.2. The molecular weight excluding hydrogens is 460 g/mol. The third-order valence-electron chi connectivity index (χ3n) is 6.84. The van der Waals surface area contributed by atoms with E-state index in [1.807, 2.05) is 54.6 Å². The number of fused-ring (bicyclic) bond motifs is 1. The number of aromatic nitrogens is 1. The fraction of sp³-hybridized carbons (Fsp3) is 0.188. The summed E-state index contributed by atoms with van der Waals surface area (Å²) in [7, 11) is 0. The molecule has 0 aliphatic rings. The minimum Gasteiger partial charge on any atom is -0.458 e. The molecule has 186 valence electrons. The number of rotatable bonds is 7. The highest BCUT2D eigenvalue weighted by atomic mass is 16.4. The molecule has 2 aromatic heterocycles. The van der Waals surface area contributed by atoms with Crippen molar-refractivity contribution in [3.63, 3.8) is 0 Å². The predicted molar refractivity (Wildman–Crippen MR) is 145 cm³/mol. The lowest BCUT2D eigenvalue weighted by Crippen LogP contribution is -2.31. The SMILES string of the molecule is Cc1ccc([C@@H](NC(=O)Cc2ccc3oc(C(C)(O)c4ccncc4)cc3c2)c2ccccc2)c(C)c1. The van der Waals surface area contributed by atoms with E-state index >= 15 is 0 Å². The van der Waals surface area contributed by atoms with Crippen LogP contribution < -0.4 is 5.32 Å². The molecule has 5 heteroatoms. The van der Waals surface area contributed by atoms with E-state index in [1.165, 1.54) is 5.56 Å². The van der Waals surface area contributed by atoms with Crippen molar-refractivity contribution in [3.05, 3.63) is 136 Å². The number of aliphatic hydroxyl groups is 1. The van der Waals surface area contributed by atoms with Crippen molar-refractivity contribution in [1.29, 1.82) is 0 Å². The Bertz CT molecular complexity index is 1540. The molecule has 0 fully saturated rings. The lowest BCUT2D eigenvalue weighted by molar-refractivity contribution is -0.120. The van der Waals surface area contributed by atoms with Gasteiger partial charge in [0.25, 0.3) is 0 Å². The summed E-state index contributed by atoms with van der Waals surface area (Å²) >= 11 is 0. The van der Waals surface area contributed by atoms with E-state index in [0.717, 1.165) is 27.6 Å². The zero-order valence-corrected chi connectivity index (χ0v) is 21.2. The lowest BCUT2D eigenvalue weighted by atomic mass is 9.93. The first-order chi connectivity index (χ1) is 17.8. The highest BCUT2D eigenvalue weighted by Crippen LogP contribution is 2.33. The van der Waals surface area contributed by atoms with Gasteiger partial charge < -0.3 is 14.8 Å². The number of benzene rings is 3. The number of pyridine rings is 1. The van der Waals surface area contributed by atoms with Gasteiger partial charge in [-0.05, 0) is 78.9 Å². The zero-order valence-electron chi connectivity index (χ0n) is 21.2. The lowest BCUT2D eigenvalue weighted by Gasteiger charge is -2.22. The van der Waals surface area contributed by atoms with E-state index in [2.05, 4.69) is 42.3 Å². The summed E-state index contributed by atoms with van der Waals surface area (Å²) in [5.41, 5.74) is 5.38. The van der Waals surface area contributed by atoms with Gasteiger partial charge in [-0.1, -0.05) is 60.2 Å². The standard InChI is InChI=1S/C32H30N2O3/c1-21-9-11-27(22(2)17-21)31(24-7-5-4-6-8-24)34-30(35)19-23-10-12-28-25(18-23)20-29(37-28)32(3,36)26-13-15-33-16-14-26/h4-18,20,31,36H,19H2,1-3H3,(H,34,35)/t31-,32?/m0/s1. The van der Waals surface area contributed by atoms with Gasteiger partial charge in [-0.2, -0.15) is 0 Å². The van der Waals surface area contributed by atoms with Crippen LogP contribution in [-0.2, 0) is 16.8 Å². The van der Waals surface area contributed by atoms with E-state index in [1.54, 1.807) is 31.5 Å². The van der Waals surface area contributed by atoms with E-state index in [9.17, 15) is 9.90 Å². The van der Waals surface area contributed by atoms with Crippen LogP contribution in [0.25, 0.3) is 11.0 Å². The molecule has 37 heavy (non-hydrogen) atoms. The number of carbonyl (C=O) groups excluding carboxylic acids is 1. The van der Waals surface area contributed by atoms with Crippen molar-refractivity contribution < 1.29 is 14.3 Å². The van der Waals surface area contributed by atoms with Crippen molar-refractivity contribution >= 4 is 16.9 Å². The number of nitrogens with zero attached hydrogens (tertiary/aromatic N) is 1. The van der Waals surface area contributed by atoms with Crippen molar-refractivity contribution in [1.82, 2.24) is 10.3 Å². The van der Waals surface area contributed by atoms with Gasteiger partial charge in [-0.25, -0.2) is 0 Å². The van der Waals surface area contributed by atoms with Crippen LogP contribution in [0.15, 0.2) is 102 Å². The molecule has 0 aliphatic heterocycles. The minimum absolute atomic E-state index is 0.0688. The molecule has 5 aromatic rings. The average molecular weight is 491 g/mol. The first-order valence-corrected chi connectivity index (χ1v) is 12.4. The Balaban J connectivity index is 1.38. The summed E-state index contributed by atoms with van der Waals surface area (Å²) in [5, 5.41) is 15.2. The van der Waals surface area contributed by atoms with Gasteiger partial charge in [0.2, 0.25) is 5.91 Å². The molecular formula is C32H30N2O3. The number of hydrogen-bond acceptors (Lipinski definition) is 4. The quantitative estimate of drug-likeness (QED) is 0.287. The van der Waals surface area contributed by atoms with Crippen LogP contribution in [0.3, 0.4) is 0 Å². The zero-order chi connectivity index (χ0) is 26.0. The van der Waals surface area contributed by atoms with Crippen molar-refractivity contribution in [2.75, 3.05) is 0 Å². The van der Waals surface area contributed by atoms with E-state index in [0.29, 0.717) is 16.9 Å². The Labute approximate surface area is 216 Å². The predicted octanol–water partition coefficient (Wildman–Crippen LogP) is 6.15. The number of aryl methyl sites for hydroxylation is 2. The molecule has 1 amide bonds. The van der Waals surface area contributed by atoms with Crippen molar-refractivity contribution in [3.8, 4) is 0 Å². The molecule has 5 nitrogen and oxygen atoms in total. The second kappa shape index (κ2) is 10.0. The van der Waals surface area contributed by atoms with E-state index in [-0.39, 0.29) is 18.4 Å². The maximum Gasteiger partial charge on any atom is 0.225 e. The smallest absolute Gasteiger partial charge is 0.225 e. The van der Waals surface area contributed by atoms with Crippen LogP contribution in [0, 0.1) is 13.8 Å². The molecule has 2 N–H and O–H groups in total. The van der Waals surface area contributed by atoms with Gasteiger partial charge in [0, 0.05) is 17.8 Å². The first kappa shape index (κ1) is 24.5. The van der Waals surface area contributed by atoms with E-state index < -0.39 is 5.60 Å². The number of carbonyl (C=O) groups is 1. The molecule has 0 radical (unpaired) electrons. The molecule has 3 aromatic carbocycles. The van der Waals surface area contributed by atoms with Crippen LogP contribution in [0.4, 0.5) is 0 Å². The van der Waals surface area contributed by atoms with Gasteiger partial charge in [-0.15, -0.1) is 0 Å². The van der Waals surface area contributed by atoms with Crippen LogP contribution in [0.5, 0.6) is 0 Å². The van der Waals surface area contributed by atoms with Gasteiger partial charge in [0.05, 0.1) is 12.5 Å². The molecule has 0 saturated heterocycles. The monoisotopic (exact) mass is 490 g/mol. The number of amides is 1. The maximum atomic E-state index is 13.3. The number of nitrogens with one attached hydrogen (secondary N) is 1. The topological polar surface area (TPSA) is 75.4 Å². The second-order valence-electron chi connectivity index (χ2n) is 9.74. The highest BCUT2D eigenvalue weighted by Gasteiger charge is 2.30. The van der Waals surface area contributed by atoms with Gasteiger partial charge in [-0.3, -0.25) is 9.78 Å². The molecule has 0 bridgehead atoms. The molecule has 1 unspecified atom stereocenters. The number of hydrogen-bond donors (Lipinski definition) is 2. The summed E-state index contributed by atoms with van der Waals surface area (Å²) in [5.74, 6) is 0.370. The second-order valence-corrected chi connectivity index (χ2v) is 9.74. The van der Waals surface area contributed by atoms with Crippen LogP contribution >= 0.6 is 0 Å². The molecule has 0 saturated carbocycles. The van der Waals surface area contributed by atoms with E-state index in [4.69, 9.17) is 4.42 Å². The fourth-order valence-electron chi connectivity index (χ4n) is 4.79. The summed E-state index contributed by atoms with van der Waals surface area (Å²) in [4.78, 5) is 17.3. The normalized spacial score (nSPS) is 13.7. The summed E-state index contributed by atoms with van der Waals surface area (Å²) in [6.45, 7) is 5.85. The van der Waals surface area contributed by atoms with Gasteiger partial charge in [0.1, 0.15) is 16.9 Å². The minimum atomic E-state index is -1.30. The fourth-order valence-corrected chi connectivity index (χ4v) is 4.79. The average Bonchev–Trinajstić information content (AvgIpc) is 3.33. The Morgan fingerprint density at radius 2 is 1.73 bits per heavy atom. The molecule has 2 heterocycles. The highest BCUT2D eigenvalue weighted by molar-refractivity contribution is 5.83. The molecule has 0 aliphatic carbocycles. The molecule has 2 atom stereocenters. The van der Waals surface area contributed by atoms with Gasteiger partial charge >= 0.3 is 0 Å². The Kier molecular flexibility index (Phi) is 6.64.